The molecule has 1 aliphatic rings. The molecule has 0 saturated carbocycles. The van der Waals surface area contributed by atoms with E-state index in [1.165, 1.54) is 0 Å². The summed E-state index contributed by atoms with van der Waals surface area (Å²) in [4.78, 5) is 14.9. The average molecular weight is 425 g/mol. The number of sulfonamides is 1. The maximum absolute atomic E-state index is 12.5. The third kappa shape index (κ3) is 5.04. The molecule has 2 aromatic rings. The highest BCUT2D eigenvalue weighted by atomic mass is 35.5. The lowest BCUT2D eigenvalue weighted by molar-refractivity contribution is -0.117. The van der Waals surface area contributed by atoms with E-state index in [0.717, 1.165) is 22.6 Å². The van der Waals surface area contributed by atoms with Crippen molar-refractivity contribution in [2.45, 2.75) is 29.6 Å². The van der Waals surface area contributed by atoms with E-state index in [1.54, 1.807) is 34.9 Å². The molecule has 0 bridgehead atoms. The molecule has 1 N–H and O–H groups in total. The number of aryl methyl sites for hydroxylation is 1. The highest BCUT2D eigenvalue weighted by molar-refractivity contribution is 7.99. The van der Waals surface area contributed by atoms with E-state index in [9.17, 15) is 13.2 Å². The van der Waals surface area contributed by atoms with Crippen LogP contribution in [0, 0.1) is 6.92 Å². The van der Waals surface area contributed by atoms with Gasteiger partial charge in [0.05, 0.1) is 4.90 Å². The molecule has 1 heterocycles. The smallest absolute Gasteiger partial charge is 0.240 e. The summed E-state index contributed by atoms with van der Waals surface area (Å²) >= 11 is 7.41. The molecule has 0 radical (unpaired) electrons. The normalized spacial score (nSPS) is 14.7. The number of thioether (sulfide) groups is 1. The Kier molecular flexibility index (Phi) is 6.47. The maximum atomic E-state index is 12.5. The van der Waals surface area contributed by atoms with Crippen LogP contribution >= 0.6 is 23.4 Å². The molecule has 0 aliphatic carbocycles. The first-order valence-corrected chi connectivity index (χ1v) is 11.5. The third-order valence-corrected chi connectivity index (χ3v) is 7.04. The van der Waals surface area contributed by atoms with Crippen molar-refractivity contribution in [3.63, 3.8) is 0 Å². The lowest BCUT2D eigenvalue weighted by Gasteiger charge is -2.19. The van der Waals surface area contributed by atoms with Gasteiger partial charge in [0.2, 0.25) is 15.9 Å². The summed E-state index contributed by atoms with van der Waals surface area (Å²) in [5.74, 6) is 0.700. The fourth-order valence-corrected chi connectivity index (χ4v) is 5.10. The topological polar surface area (TPSA) is 66.5 Å². The predicted molar refractivity (Wildman–Crippen MR) is 110 cm³/mol. The summed E-state index contributed by atoms with van der Waals surface area (Å²) in [7, 11) is -3.59. The molecule has 1 saturated heterocycles. The van der Waals surface area contributed by atoms with Gasteiger partial charge in [-0.3, -0.25) is 4.79 Å². The highest BCUT2D eigenvalue weighted by Gasteiger charge is 2.24. The van der Waals surface area contributed by atoms with Crippen molar-refractivity contribution < 1.29 is 13.2 Å². The Morgan fingerprint density at radius 1 is 1.19 bits per heavy atom. The summed E-state index contributed by atoms with van der Waals surface area (Å²) in [6.07, 6.45) is 1.39. The van der Waals surface area contributed by atoms with Crippen LogP contribution in [0.2, 0.25) is 5.02 Å². The molecule has 1 fully saturated rings. The fourth-order valence-electron chi connectivity index (χ4n) is 2.96. The molecule has 5 nitrogen and oxygen atoms in total. The van der Waals surface area contributed by atoms with Gasteiger partial charge in [-0.1, -0.05) is 11.6 Å². The first-order chi connectivity index (χ1) is 12.9. The number of hydrogen-bond donors (Lipinski definition) is 1. The minimum absolute atomic E-state index is 0.0889. The van der Waals surface area contributed by atoms with E-state index < -0.39 is 10.0 Å². The van der Waals surface area contributed by atoms with Gasteiger partial charge in [0, 0.05) is 40.9 Å². The van der Waals surface area contributed by atoms with Crippen LogP contribution in [-0.4, -0.2) is 33.2 Å². The van der Waals surface area contributed by atoms with Crippen LogP contribution in [0.5, 0.6) is 0 Å². The molecule has 0 atom stereocenters. The minimum Gasteiger partial charge on any atom is -0.312 e. The van der Waals surface area contributed by atoms with Crippen molar-refractivity contribution in [3.8, 4) is 0 Å². The second-order valence-corrected chi connectivity index (χ2v) is 9.67. The zero-order chi connectivity index (χ0) is 19.4. The molecule has 0 spiro atoms. The fraction of sp³-hybridized carbons (Fsp3) is 0.316. The van der Waals surface area contributed by atoms with Gasteiger partial charge in [0.15, 0.2) is 0 Å². The van der Waals surface area contributed by atoms with Gasteiger partial charge >= 0.3 is 0 Å². The first kappa shape index (κ1) is 20.2. The van der Waals surface area contributed by atoms with Crippen molar-refractivity contribution in [1.82, 2.24) is 4.72 Å². The molecule has 1 amide bonds. The summed E-state index contributed by atoms with van der Waals surface area (Å²) in [6, 6.07) is 12.3. The number of anilines is 1. The molecule has 8 heteroatoms. The Morgan fingerprint density at radius 3 is 2.56 bits per heavy atom. The number of carbonyl (C=O) groups excluding carboxylic acids is 1. The molecule has 27 heavy (non-hydrogen) atoms. The monoisotopic (exact) mass is 424 g/mol. The molecule has 144 valence electrons. The largest absolute Gasteiger partial charge is 0.312 e. The standard InChI is InChI=1S/C19H21ClN2O3S2/c1-14-13-17(8-9-18(14)22-11-2-3-19(22)23)27(24,25)21-10-12-26-16-6-4-15(20)5-7-16/h4-9,13,21H,2-3,10-12H2,1H3. The van der Waals surface area contributed by atoms with Crippen molar-refractivity contribution in [3.05, 3.63) is 53.1 Å². The number of amides is 1. The number of halogens is 1. The number of nitrogens with one attached hydrogen (secondary N) is 1. The number of carbonyl (C=O) groups is 1. The van der Waals surface area contributed by atoms with Gasteiger partial charge in [-0.2, -0.15) is 0 Å². The maximum Gasteiger partial charge on any atom is 0.240 e. The van der Waals surface area contributed by atoms with E-state index in [-0.39, 0.29) is 10.8 Å². The van der Waals surface area contributed by atoms with Crippen LogP contribution in [0.4, 0.5) is 5.69 Å². The number of hydrogen-bond acceptors (Lipinski definition) is 4. The molecule has 0 aromatic heterocycles. The highest BCUT2D eigenvalue weighted by Crippen LogP contribution is 2.27. The van der Waals surface area contributed by atoms with Crippen molar-refractivity contribution in [2.75, 3.05) is 23.7 Å². The van der Waals surface area contributed by atoms with Crippen LogP contribution in [0.15, 0.2) is 52.3 Å². The van der Waals surface area contributed by atoms with E-state index in [4.69, 9.17) is 11.6 Å². The minimum atomic E-state index is -3.59. The van der Waals surface area contributed by atoms with Crippen LogP contribution in [0.1, 0.15) is 18.4 Å². The van der Waals surface area contributed by atoms with Crippen molar-refractivity contribution in [1.29, 1.82) is 0 Å². The Hall–Kier alpha value is -1.54. The van der Waals surface area contributed by atoms with Crippen LogP contribution < -0.4 is 9.62 Å². The SMILES string of the molecule is Cc1cc(S(=O)(=O)NCCSc2ccc(Cl)cc2)ccc1N1CCCC1=O. The van der Waals surface area contributed by atoms with Crippen LogP contribution in [0.3, 0.4) is 0 Å². The van der Waals surface area contributed by atoms with Crippen molar-refractivity contribution >= 4 is 45.0 Å². The lowest BCUT2D eigenvalue weighted by Crippen LogP contribution is -2.27. The molecule has 3 rings (SSSR count). The Labute approximate surface area is 169 Å². The number of benzene rings is 2. The summed E-state index contributed by atoms with van der Waals surface area (Å²) < 4.78 is 27.7. The molecule has 0 unspecified atom stereocenters. The molecule has 2 aromatic carbocycles. The zero-order valence-electron chi connectivity index (χ0n) is 14.9. The van der Waals surface area contributed by atoms with Gasteiger partial charge in [-0.25, -0.2) is 13.1 Å². The molecule has 1 aliphatic heterocycles. The van der Waals surface area contributed by atoms with Crippen molar-refractivity contribution in [2.24, 2.45) is 0 Å². The predicted octanol–water partition coefficient (Wildman–Crippen LogP) is 3.85. The van der Waals surface area contributed by atoms with E-state index in [2.05, 4.69) is 4.72 Å². The second-order valence-electron chi connectivity index (χ2n) is 6.30. The van der Waals surface area contributed by atoms with Gasteiger partial charge in [-0.15, -0.1) is 11.8 Å². The van der Waals surface area contributed by atoms with Crippen LogP contribution in [-0.2, 0) is 14.8 Å². The Bertz CT molecular complexity index is 930. The second kappa shape index (κ2) is 8.65. The third-order valence-electron chi connectivity index (χ3n) is 4.32. The molecular formula is C19H21ClN2O3S2. The van der Waals surface area contributed by atoms with E-state index in [1.807, 2.05) is 31.2 Å². The van der Waals surface area contributed by atoms with Gasteiger partial charge in [0.25, 0.3) is 0 Å². The summed E-state index contributed by atoms with van der Waals surface area (Å²) in [5, 5.41) is 0.675. The van der Waals surface area contributed by atoms with Gasteiger partial charge in [-0.05, 0) is 61.4 Å². The van der Waals surface area contributed by atoms with Crippen LogP contribution in [0.25, 0.3) is 0 Å². The first-order valence-electron chi connectivity index (χ1n) is 8.66. The quantitative estimate of drug-likeness (QED) is 0.541. The zero-order valence-corrected chi connectivity index (χ0v) is 17.3. The summed E-state index contributed by atoms with van der Waals surface area (Å²) in [6.45, 7) is 2.84. The van der Waals surface area contributed by atoms with E-state index >= 15 is 0 Å². The Balaban J connectivity index is 1.60. The van der Waals surface area contributed by atoms with Gasteiger partial charge in [0.1, 0.15) is 0 Å². The van der Waals surface area contributed by atoms with Gasteiger partial charge < -0.3 is 4.90 Å². The number of rotatable bonds is 7. The van der Waals surface area contributed by atoms with E-state index in [0.29, 0.717) is 30.3 Å². The Morgan fingerprint density at radius 2 is 1.93 bits per heavy atom. The average Bonchev–Trinajstić information content (AvgIpc) is 3.06. The summed E-state index contributed by atoms with van der Waals surface area (Å²) in [5.41, 5.74) is 1.57. The lowest BCUT2D eigenvalue weighted by atomic mass is 10.2. The number of nitrogens with zero attached hydrogens (tertiary/aromatic N) is 1. The molecular weight excluding hydrogens is 404 g/mol.